The second-order valence-corrected chi connectivity index (χ2v) is 7.62. The molecule has 0 aliphatic carbocycles. The Labute approximate surface area is 164 Å². The summed E-state index contributed by atoms with van der Waals surface area (Å²) in [5.41, 5.74) is 1.17. The zero-order valence-electron chi connectivity index (χ0n) is 16.5. The van der Waals surface area contributed by atoms with Crippen molar-refractivity contribution in [3.8, 4) is 17.0 Å². The Morgan fingerprint density at radius 2 is 2.14 bits per heavy atom. The number of ether oxygens (including phenoxy) is 1. The van der Waals surface area contributed by atoms with E-state index in [2.05, 4.69) is 15.3 Å². The maximum Gasteiger partial charge on any atom is 0.242 e. The predicted octanol–water partition coefficient (Wildman–Crippen LogP) is 3.02. The summed E-state index contributed by atoms with van der Waals surface area (Å²) in [5.74, 6) is 0.999. The summed E-state index contributed by atoms with van der Waals surface area (Å²) in [5, 5.41) is 3.48. The van der Waals surface area contributed by atoms with Gasteiger partial charge in [-0.1, -0.05) is 0 Å². The molecular formula is C21H25FN4O2. The van der Waals surface area contributed by atoms with Crippen molar-refractivity contribution in [3.05, 3.63) is 41.6 Å². The van der Waals surface area contributed by atoms with Crippen LogP contribution in [-0.4, -0.2) is 46.5 Å². The highest BCUT2D eigenvalue weighted by Gasteiger charge is 2.50. The zero-order chi connectivity index (χ0) is 19.9. The molecular weight excluding hydrogens is 359 g/mol. The predicted molar refractivity (Wildman–Crippen MR) is 103 cm³/mol. The van der Waals surface area contributed by atoms with Gasteiger partial charge in [-0.05, 0) is 57.4 Å². The van der Waals surface area contributed by atoms with Crippen molar-refractivity contribution < 1.29 is 13.9 Å². The van der Waals surface area contributed by atoms with E-state index in [4.69, 9.17) is 4.74 Å². The number of hydrogen-bond acceptors (Lipinski definition) is 5. The molecule has 1 amide bonds. The van der Waals surface area contributed by atoms with E-state index < -0.39 is 5.54 Å². The second-order valence-electron chi connectivity index (χ2n) is 7.62. The van der Waals surface area contributed by atoms with E-state index in [0.29, 0.717) is 29.4 Å². The number of hydrogen-bond donors (Lipinski definition) is 1. The number of rotatable bonds is 4. The van der Waals surface area contributed by atoms with Gasteiger partial charge in [-0.2, -0.15) is 0 Å². The first-order valence-corrected chi connectivity index (χ1v) is 9.73. The number of likely N-dealkylation sites (N-methyl/N-ethyl adjacent to an activating group) is 1. The first-order chi connectivity index (χ1) is 13.4. The van der Waals surface area contributed by atoms with E-state index >= 15 is 0 Å². The van der Waals surface area contributed by atoms with Gasteiger partial charge in [0.15, 0.2) is 0 Å². The number of likely N-dealkylation sites (tertiary alicyclic amines) is 1. The molecule has 2 aromatic rings. The van der Waals surface area contributed by atoms with Crippen LogP contribution in [0.4, 0.5) is 4.39 Å². The lowest BCUT2D eigenvalue weighted by molar-refractivity contribution is -0.131. The minimum absolute atomic E-state index is 0.118. The van der Waals surface area contributed by atoms with E-state index in [9.17, 15) is 9.18 Å². The lowest BCUT2D eigenvalue weighted by Crippen LogP contribution is -2.47. The summed E-state index contributed by atoms with van der Waals surface area (Å²) in [6.45, 7) is 5.03. The van der Waals surface area contributed by atoms with E-state index in [-0.39, 0.29) is 17.8 Å². The van der Waals surface area contributed by atoms with Gasteiger partial charge in [-0.25, -0.2) is 14.4 Å². The van der Waals surface area contributed by atoms with Crippen LogP contribution in [0.1, 0.15) is 43.7 Å². The maximum absolute atomic E-state index is 14.5. The van der Waals surface area contributed by atoms with Gasteiger partial charge in [0.25, 0.3) is 0 Å². The molecule has 2 saturated heterocycles. The van der Waals surface area contributed by atoms with E-state index in [1.54, 1.807) is 23.1 Å². The van der Waals surface area contributed by atoms with Gasteiger partial charge in [0, 0.05) is 24.8 Å². The molecule has 1 aromatic heterocycles. The molecule has 0 bridgehead atoms. The Morgan fingerprint density at radius 3 is 2.86 bits per heavy atom. The van der Waals surface area contributed by atoms with Crippen LogP contribution in [0.3, 0.4) is 0 Å². The second kappa shape index (κ2) is 7.13. The number of aromatic nitrogens is 2. The molecule has 0 radical (unpaired) electrons. The van der Waals surface area contributed by atoms with Crippen LogP contribution in [0.25, 0.3) is 11.3 Å². The summed E-state index contributed by atoms with van der Waals surface area (Å²) in [7, 11) is 1.83. The highest BCUT2D eigenvalue weighted by Crippen LogP contribution is 2.38. The minimum Gasteiger partial charge on any atom is -0.494 e. The van der Waals surface area contributed by atoms with Crippen molar-refractivity contribution in [2.75, 3.05) is 20.2 Å². The fourth-order valence-electron chi connectivity index (χ4n) is 4.20. The third-order valence-corrected chi connectivity index (χ3v) is 5.65. The number of carbonyl (C=O) groups excluding carboxylic acids is 1. The molecule has 148 valence electrons. The molecule has 2 atom stereocenters. The van der Waals surface area contributed by atoms with Gasteiger partial charge in [0.1, 0.15) is 22.9 Å². The van der Waals surface area contributed by atoms with Gasteiger partial charge in [-0.3, -0.25) is 10.1 Å². The number of carbonyl (C=O) groups is 1. The fourth-order valence-corrected chi connectivity index (χ4v) is 4.20. The number of nitrogens with zero attached hydrogens (tertiary/aromatic N) is 3. The lowest BCUT2D eigenvalue weighted by atomic mass is 9.96. The van der Waals surface area contributed by atoms with Crippen LogP contribution in [0.2, 0.25) is 0 Å². The SMILES string of the molecule is CCOc1ccc(F)c(-c2cc(C)nc([C@H]3CC[C@@]4(CCN(C)C4=O)N3)n2)c1. The first-order valence-electron chi connectivity index (χ1n) is 9.73. The van der Waals surface area contributed by atoms with Crippen LogP contribution < -0.4 is 10.1 Å². The smallest absolute Gasteiger partial charge is 0.242 e. The molecule has 1 spiro atoms. The highest BCUT2D eigenvalue weighted by atomic mass is 19.1. The normalized spacial score (nSPS) is 24.4. The van der Waals surface area contributed by atoms with Gasteiger partial charge >= 0.3 is 0 Å². The molecule has 0 unspecified atom stereocenters. The monoisotopic (exact) mass is 384 g/mol. The average molecular weight is 384 g/mol. The molecule has 4 rings (SSSR count). The van der Waals surface area contributed by atoms with Gasteiger partial charge in [0.05, 0.1) is 18.3 Å². The number of aryl methyl sites for hydroxylation is 1. The molecule has 6 nitrogen and oxygen atoms in total. The van der Waals surface area contributed by atoms with Crippen LogP contribution >= 0.6 is 0 Å². The van der Waals surface area contributed by atoms with Crippen molar-refractivity contribution in [1.29, 1.82) is 0 Å². The topological polar surface area (TPSA) is 67.3 Å². The van der Waals surface area contributed by atoms with Crippen LogP contribution in [0, 0.1) is 12.7 Å². The standard InChI is InChI=1S/C21H25FN4O2/c1-4-28-14-5-6-16(22)15(12-14)18-11-13(2)23-19(24-18)17-7-8-21(25-17)9-10-26(3)20(21)27/h5-6,11-12,17,25H,4,7-10H2,1-3H3/t17-,21+/m1/s1. The lowest BCUT2D eigenvalue weighted by Gasteiger charge is -2.23. The van der Waals surface area contributed by atoms with Gasteiger partial charge in [-0.15, -0.1) is 0 Å². The average Bonchev–Trinajstić information content (AvgIpc) is 3.23. The molecule has 7 heteroatoms. The Bertz CT molecular complexity index is 919. The van der Waals surface area contributed by atoms with Crippen molar-refractivity contribution in [2.24, 2.45) is 0 Å². The largest absolute Gasteiger partial charge is 0.494 e. The van der Waals surface area contributed by atoms with E-state index in [1.165, 1.54) is 6.07 Å². The molecule has 3 heterocycles. The summed E-state index contributed by atoms with van der Waals surface area (Å²) in [6, 6.07) is 6.34. The number of nitrogens with one attached hydrogen (secondary N) is 1. The third-order valence-electron chi connectivity index (χ3n) is 5.65. The number of halogens is 1. The maximum atomic E-state index is 14.5. The van der Waals surface area contributed by atoms with E-state index in [1.807, 2.05) is 20.9 Å². The fraction of sp³-hybridized carbons (Fsp3) is 0.476. The molecule has 1 N–H and O–H groups in total. The molecule has 2 aliphatic heterocycles. The summed E-state index contributed by atoms with van der Waals surface area (Å²) < 4.78 is 20.0. The molecule has 0 saturated carbocycles. The molecule has 28 heavy (non-hydrogen) atoms. The van der Waals surface area contributed by atoms with Crippen LogP contribution in [-0.2, 0) is 4.79 Å². The van der Waals surface area contributed by atoms with Crippen molar-refractivity contribution in [3.63, 3.8) is 0 Å². The van der Waals surface area contributed by atoms with Gasteiger partial charge in [0.2, 0.25) is 5.91 Å². The Morgan fingerprint density at radius 1 is 1.32 bits per heavy atom. The summed E-state index contributed by atoms with van der Waals surface area (Å²) in [6.07, 6.45) is 2.34. The van der Waals surface area contributed by atoms with Gasteiger partial charge < -0.3 is 9.64 Å². The highest BCUT2D eigenvalue weighted by molar-refractivity contribution is 5.88. The number of amides is 1. The third kappa shape index (κ3) is 3.24. The molecule has 1 aromatic carbocycles. The van der Waals surface area contributed by atoms with Crippen LogP contribution in [0.15, 0.2) is 24.3 Å². The molecule has 2 aliphatic rings. The van der Waals surface area contributed by atoms with Crippen molar-refractivity contribution in [2.45, 2.75) is 44.7 Å². The Hall–Kier alpha value is -2.54. The number of benzene rings is 1. The van der Waals surface area contributed by atoms with Crippen LogP contribution in [0.5, 0.6) is 5.75 Å². The summed E-state index contributed by atoms with van der Waals surface area (Å²) >= 11 is 0. The zero-order valence-corrected chi connectivity index (χ0v) is 16.5. The summed E-state index contributed by atoms with van der Waals surface area (Å²) in [4.78, 5) is 23.6. The first kappa shape index (κ1) is 18.8. The molecule has 2 fully saturated rings. The Kier molecular flexibility index (Phi) is 4.79. The van der Waals surface area contributed by atoms with Crippen molar-refractivity contribution >= 4 is 5.91 Å². The van der Waals surface area contributed by atoms with Crippen molar-refractivity contribution in [1.82, 2.24) is 20.2 Å². The minimum atomic E-state index is -0.507. The Balaban J connectivity index is 1.66. The van der Waals surface area contributed by atoms with E-state index in [0.717, 1.165) is 31.5 Å². The quantitative estimate of drug-likeness (QED) is 0.878.